The third-order valence-corrected chi connectivity index (χ3v) is 9.53. The van der Waals surface area contributed by atoms with Gasteiger partial charge >= 0.3 is 0 Å². The highest BCUT2D eigenvalue weighted by Crippen LogP contribution is 2.37. The van der Waals surface area contributed by atoms with Gasteiger partial charge in [-0.15, -0.1) is 5.53 Å². The van der Waals surface area contributed by atoms with Gasteiger partial charge in [0, 0.05) is 59.2 Å². The van der Waals surface area contributed by atoms with Crippen LogP contribution in [-0.4, -0.2) is 45.6 Å². The van der Waals surface area contributed by atoms with Crippen LogP contribution in [0, 0.1) is 11.3 Å². The zero-order chi connectivity index (χ0) is 30.1. The van der Waals surface area contributed by atoms with Gasteiger partial charge in [0.25, 0.3) is 0 Å². The van der Waals surface area contributed by atoms with Gasteiger partial charge in [0.1, 0.15) is 6.07 Å². The van der Waals surface area contributed by atoms with Crippen LogP contribution >= 0.6 is 23.2 Å². The Bertz CT molecular complexity index is 1530. The third-order valence-electron chi connectivity index (χ3n) is 8.99. The molecule has 6 rings (SSSR count). The average molecular weight is 620 g/mol. The normalized spacial score (nSPS) is 19.3. The number of nitriles is 1. The fraction of sp³-hybridized carbons (Fsp3) is 0.455. The van der Waals surface area contributed by atoms with E-state index in [0.717, 1.165) is 66.8 Å². The minimum atomic E-state index is -0.212. The summed E-state index contributed by atoms with van der Waals surface area (Å²) >= 11 is 13.1. The van der Waals surface area contributed by atoms with Crippen LogP contribution in [-0.2, 0) is 0 Å². The second-order valence-electron chi connectivity index (χ2n) is 12.9. The van der Waals surface area contributed by atoms with Crippen LogP contribution in [0.5, 0.6) is 0 Å². The molecule has 0 bridgehead atoms. The largest absolute Gasteiger partial charge is 0.381 e. The average Bonchev–Trinajstić information content (AvgIpc) is 3.69. The van der Waals surface area contributed by atoms with E-state index in [1.165, 1.54) is 12.8 Å². The third kappa shape index (κ3) is 6.51. The molecule has 1 aliphatic carbocycles. The van der Waals surface area contributed by atoms with Gasteiger partial charge in [-0.1, -0.05) is 48.2 Å². The van der Waals surface area contributed by atoms with Crippen LogP contribution in [0.4, 0.5) is 11.4 Å². The molecule has 3 aromatic rings. The number of rotatable bonds is 7. The molecule has 0 amide bonds. The summed E-state index contributed by atoms with van der Waals surface area (Å²) in [6, 6.07) is 14.7. The van der Waals surface area contributed by atoms with Crippen LogP contribution < -0.4 is 21.6 Å². The molecule has 3 aliphatic rings. The lowest BCUT2D eigenvalue weighted by Crippen LogP contribution is -2.52. The molecular weight excluding hydrogens is 579 g/mol. The predicted octanol–water partition coefficient (Wildman–Crippen LogP) is 7.35. The summed E-state index contributed by atoms with van der Waals surface area (Å²) < 4.78 is 0. The summed E-state index contributed by atoms with van der Waals surface area (Å²) in [4.78, 5) is 7.11. The Morgan fingerprint density at radius 1 is 1.05 bits per heavy atom. The molecule has 3 heterocycles. The van der Waals surface area contributed by atoms with Gasteiger partial charge in [-0.05, 0) is 76.3 Å². The van der Waals surface area contributed by atoms with E-state index >= 15 is 0 Å². The number of aromatic nitrogens is 1. The van der Waals surface area contributed by atoms with Gasteiger partial charge in [0.15, 0.2) is 0 Å². The standard InChI is InChI=1S/C33H40Cl2N8/c1-33(2,3)42-14-12-26(13-15-42)43-20-29(40-41-43)31(21-8-10-23(34)11-9-21)39-25-16-27-30(38-24-6-4-5-7-24)22(18-36)19-37-32(27)28(35)17-25/h8-11,16-17,19-20,24,26,31,39-41H,4-7,12-15H2,1-3H3,(H,37,38)/t31-/m0/s1. The number of nitrogens with one attached hydrogen (secondary N) is 4. The Labute approximate surface area is 264 Å². The lowest BCUT2D eigenvalue weighted by molar-refractivity contribution is 0.0570. The van der Waals surface area contributed by atoms with Gasteiger partial charge in [0.05, 0.1) is 33.5 Å². The van der Waals surface area contributed by atoms with Crippen molar-refractivity contribution in [3.63, 3.8) is 0 Å². The van der Waals surface area contributed by atoms with Gasteiger partial charge in [-0.25, -0.2) is 0 Å². The lowest BCUT2D eigenvalue weighted by Gasteiger charge is -2.42. The maximum atomic E-state index is 9.92. The van der Waals surface area contributed by atoms with Crippen LogP contribution in [0.1, 0.15) is 76.5 Å². The van der Waals surface area contributed by atoms with Crippen molar-refractivity contribution in [2.75, 3.05) is 23.7 Å². The molecule has 2 aromatic carbocycles. The lowest BCUT2D eigenvalue weighted by atomic mass is 9.98. The van der Waals surface area contributed by atoms with Crippen molar-refractivity contribution in [3.05, 3.63) is 75.7 Å². The number of anilines is 2. The molecular formula is C33H40Cl2N8. The van der Waals surface area contributed by atoms with E-state index in [1.54, 1.807) is 6.20 Å². The van der Waals surface area contributed by atoms with Crippen LogP contribution in [0.15, 0.2) is 54.5 Å². The summed E-state index contributed by atoms with van der Waals surface area (Å²) in [6.45, 7) is 8.99. The fourth-order valence-electron chi connectivity index (χ4n) is 6.52. The van der Waals surface area contributed by atoms with E-state index in [1.807, 2.05) is 30.3 Å². The predicted molar refractivity (Wildman–Crippen MR) is 176 cm³/mol. The Balaban J connectivity index is 1.31. The van der Waals surface area contributed by atoms with Crippen LogP contribution in [0.2, 0.25) is 10.0 Å². The molecule has 1 saturated carbocycles. The van der Waals surface area contributed by atoms with Crippen molar-refractivity contribution in [2.24, 2.45) is 0 Å². The van der Waals surface area contributed by atoms with Gasteiger partial charge in [0.2, 0.25) is 0 Å². The van der Waals surface area contributed by atoms with Crippen molar-refractivity contribution >= 4 is 45.5 Å². The van der Waals surface area contributed by atoms with Crippen LogP contribution in [0.25, 0.3) is 10.9 Å². The summed E-state index contributed by atoms with van der Waals surface area (Å²) in [6.07, 6.45) is 10.5. The molecule has 1 aromatic heterocycles. The highest BCUT2D eigenvalue weighted by molar-refractivity contribution is 6.36. The van der Waals surface area contributed by atoms with Crippen molar-refractivity contribution in [1.29, 1.82) is 5.26 Å². The van der Waals surface area contributed by atoms with Crippen molar-refractivity contribution in [3.8, 4) is 6.07 Å². The summed E-state index contributed by atoms with van der Waals surface area (Å²) in [5.74, 6) is 0. The minimum absolute atomic E-state index is 0.184. The second-order valence-corrected chi connectivity index (χ2v) is 13.7. The minimum Gasteiger partial charge on any atom is -0.381 e. The number of benzene rings is 2. The van der Waals surface area contributed by atoms with E-state index in [9.17, 15) is 5.26 Å². The zero-order valence-corrected chi connectivity index (χ0v) is 26.6. The van der Waals surface area contributed by atoms with E-state index < -0.39 is 0 Å². The molecule has 1 atom stereocenters. The van der Waals surface area contributed by atoms with Crippen molar-refractivity contribution < 1.29 is 0 Å². The first kappa shape index (κ1) is 29.8. The Kier molecular flexibility index (Phi) is 8.61. The highest BCUT2D eigenvalue weighted by atomic mass is 35.5. The van der Waals surface area contributed by atoms with Crippen LogP contribution in [0.3, 0.4) is 0 Å². The topological polar surface area (TPSA) is 91.3 Å². The molecule has 0 radical (unpaired) electrons. The second kappa shape index (κ2) is 12.4. The number of halogens is 2. The quantitative estimate of drug-likeness (QED) is 0.218. The van der Waals surface area contributed by atoms with E-state index in [0.29, 0.717) is 33.2 Å². The molecule has 10 heteroatoms. The van der Waals surface area contributed by atoms with E-state index in [-0.39, 0.29) is 11.6 Å². The molecule has 8 nitrogen and oxygen atoms in total. The maximum Gasteiger partial charge on any atom is 0.103 e. The Morgan fingerprint density at radius 3 is 2.44 bits per heavy atom. The van der Waals surface area contributed by atoms with Gasteiger partial charge in [-0.3, -0.25) is 14.9 Å². The number of hydrazine groups is 2. The number of pyridine rings is 1. The molecule has 0 spiro atoms. The molecule has 1 saturated heterocycles. The molecule has 226 valence electrons. The molecule has 2 aliphatic heterocycles. The summed E-state index contributed by atoms with van der Waals surface area (Å²) in [5.41, 5.74) is 11.9. The molecule has 4 N–H and O–H groups in total. The monoisotopic (exact) mass is 618 g/mol. The number of hydrogen-bond donors (Lipinski definition) is 4. The molecule has 43 heavy (non-hydrogen) atoms. The first-order valence-electron chi connectivity index (χ1n) is 15.3. The van der Waals surface area contributed by atoms with Gasteiger partial charge in [-0.2, -0.15) is 5.26 Å². The maximum absolute atomic E-state index is 9.92. The van der Waals surface area contributed by atoms with Crippen molar-refractivity contribution in [1.82, 2.24) is 25.9 Å². The number of hydrogen-bond acceptors (Lipinski definition) is 8. The molecule has 0 unspecified atom stereocenters. The first-order valence-corrected chi connectivity index (χ1v) is 16.0. The van der Waals surface area contributed by atoms with Gasteiger partial charge < -0.3 is 16.1 Å². The smallest absolute Gasteiger partial charge is 0.103 e. The Morgan fingerprint density at radius 2 is 1.77 bits per heavy atom. The zero-order valence-electron chi connectivity index (χ0n) is 25.1. The fourth-order valence-corrected chi connectivity index (χ4v) is 6.92. The number of piperidine rings is 1. The number of likely N-dealkylation sites (tertiary alicyclic amines) is 1. The van der Waals surface area contributed by atoms with E-state index in [2.05, 4.69) is 75.6 Å². The number of nitrogens with zero attached hydrogens (tertiary/aromatic N) is 4. The first-order chi connectivity index (χ1) is 20.7. The van der Waals surface area contributed by atoms with E-state index in [4.69, 9.17) is 23.2 Å². The number of fused-ring (bicyclic) bond motifs is 1. The van der Waals surface area contributed by atoms with Crippen molar-refractivity contribution in [2.45, 2.75) is 83.0 Å². The Hall–Kier alpha value is -3.22. The summed E-state index contributed by atoms with van der Waals surface area (Å²) in [5, 5.41) is 21.6. The SMILES string of the molecule is CC(C)(C)N1CCC(N2C=C([C@@H](Nc3cc(Cl)c4ncc(C#N)c(NC5CCCC5)c4c3)c3ccc(Cl)cc3)NN2)CC1. The molecule has 2 fully saturated rings. The summed E-state index contributed by atoms with van der Waals surface area (Å²) in [7, 11) is 0. The highest BCUT2D eigenvalue weighted by Gasteiger charge is 2.32.